The number of benzene rings is 2. The molecule has 108 valence electrons. The van der Waals surface area contributed by atoms with E-state index in [0.29, 0.717) is 0 Å². The Hall–Kier alpha value is -2.61. The third kappa shape index (κ3) is 2.00. The van der Waals surface area contributed by atoms with Crippen molar-refractivity contribution < 1.29 is 0 Å². The summed E-state index contributed by atoms with van der Waals surface area (Å²) in [7, 11) is 0. The molecule has 2 heteroatoms. The van der Waals surface area contributed by atoms with E-state index >= 15 is 0 Å². The number of hydrogen-bond donors (Lipinski definition) is 0. The Kier molecular flexibility index (Phi) is 2.97. The van der Waals surface area contributed by atoms with Crippen LogP contribution in [0.2, 0.25) is 0 Å². The zero-order valence-corrected chi connectivity index (χ0v) is 12.7. The molecule has 0 amide bonds. The van der Waals surface area contributed by atoms with E-state index in [-0.39, 0.29) is 0 Å². The molecule has 0 unspecified atom stereocenters. The normalized spacial score (nSPS) is 13.7. The first-order valence-corrected chi connectivity index (χ1v) is 7.69. The predicted molar refractivity (Wildman–Crippen MR) is 92.8 cm³/mol. The Morgan fingerprint density at radius 2 is 2.05 bits per heavy atom. The fraction of sp³-hybridized carbons (Fsp3) is 0.150. The Morgan fingerprint density at radius 1 is 1.14 bits per heavy atom. The highest BCUT2D eigenvalue weighted by atomic mass is 15.2. The van der Waals surface area contributed by atoms with Crippen LogP contribution in [0.4, 0.5) is 5.69 Å². The minimum Gasteiger partial charge on any atom is -0.337 e. The third-order valence-corrected chi connectivity index (χ3v) is 4.44. The van der Waals surface area contributed by atoms with Crippen molar-refractivity contribution in [1.29, 1.82) is 0 Å². The van der Waals surface area contributed by atoms with Crippen LogP contribution in [0, 0.1) is 0 Å². The van der Waals surface area contributed by atoms with Crippen LogP contribution in [0.3, 0.4) is 0 Å². The minimum absolute atomic E-state index is 0.897. The van der Waals surface area contributed by atoms with E-state index in [0.717, 1.165) is 29.6 Å². The van der Waals surface area contributed by atoms with Gasteiger partial charge in [-0.3, -0.25) is 4.98 Å². The number of fused-ring (bicyclic) bond motifs is 2. The van der Waals surface area contributed by atoms with Crippen molar-refractivity contribution in [3.8, 4) is 0 Å². The molecule has 2 nitrogen and oxygen atoms in total. The summed E-state index contributed by atoms with van der Waals surface area (Å²) in [5.41, 5.74) is 7.32. The van der Waals surface area contributed by atoms with Gasteiger partial charge in [0.25, 0.3) is 0 Å². The van der Waals surface area contributed by atoms with E-state index < -0.39 is 0 Å². The summed E-state index contributed by atoms with van der Waals surface area (Å²) in [6.45, 7) is 7.39. The van der Waals surface area contributed by atoms with Gasteiger partial charge in [-0.05, 0) is 41.8 Å². The van der Waals surface area contributed by atoms with Crippen LogP contribution in [0.1, 0.15) is 23.6 Å². The van der Waals surface area contributed by atoms with Crippen LogP contribution in [0.25, 0.3) is 16.6 Å². The van der Waals surface area contributed by atoms with E-state index in [1.807, 2.05) is 12.3 Å². The zero-order valence-electron chi connectivity index (χ0n) is 12.7. The summed E-state index contributed by atoms with van der Waals surface area (Å²) in [6, 6.07) is 17.2. The summed E-state index contributed by atoms with van der Waals surface area (Å²) >= 11 is 0. The SMILES string of the molecule is C=C1c2ccc(CC)cc2CN1c1ccc2ncccc2c1. The van der Waals surface area contributed by atoms with Crippen molar-refractivity contribution in [3.05, 3.63) is 78.0 Å². The molecule has 0 bridgehead atoms. The summed E-state index contributed by atoms with van der Waals surface area (Å²) in [5.74, 6) is 0. The van der Waals surface area contributed by atoms with Gasteiger partial charge in [0.1, 0.15) is 0 Å². The molecular formula is C20H18N2. The molecule has 0 fully saturated rings. The molecule has 22 heavy (non-hydrogen) atoms. The first-order chi connectivity index (χ1) is 10.8. The van der Waals surface area contributed by atoms with Gasteiger partial charge in [-0.15, -0.1) is 0 Å². The maximum Gasteiger partial charge on any atom is 0.0703 e. The highest BCUT2D eigenvalue weighted by Crippen LogP contribution is 2.37. The van der Waals surface area contributed by atoms with Gasteiger partial charge in [0.2, 0.25) is 0 Å². The van der Waals surface area contributed by atoms with Crippen molar-refractivity contribution in [2.45, 2.75) is 19.9 Å². The standard InChI is InChI=1S/C20H18N2/c1-3-15-6-8-19-14(2)22(13-17(19)11-15)18-7-9-20-16(12-18)5-4-10-21-20/h4-12H,2-3,13H2,1H3. The van der Waals surface area contributed by atoms with E-state index in [1.165, 1.54) is 22.4 Å². The van der Waals surface area contributed by atoms with E-state index in [4.69, 9.17) is 0 Å². The van der Waals surface area contributed by atoms with Crippen molar-refractivity contribution >= 4 is 22.3 Å². The number of anilines is 1. The molecule has 1 aliphatic heterocycles. The lowest BCUT2D eigenvalue weighted by atomic mass is 10.0. The van der Waals surface area contributed by atoms with E-state index in [1.54, 1.807) is 0 Å². The monoisotopic (exact) mass is 286 g/mol. The summed E-state index contributed by atoms with van der Waals surface area (Å²) in [6.07, 6.45) is 2.90. The number of rotatable bonds is 2. The molecule has 0 atom stereocenters. The molecule has 0 spiro atoms. The summed E-state index contributed by atoms with van der Waals surface area (Å²) in [5, 5.41) is 1.16. The molecule has 2 heterocycles. The Morgan fingerprint density at radius 3 is 2.91 bits per heavy atom. The molecule has 1 aliphatic rings. The Labute approximate surface area is 130 Å². The quantitative estimate of drug-likeness (QED) is 0.673. The predicted octanol–water partition coefficient (Wildman–Crippen LogP) is 4.79. The van der Waals surface area contributed by atoms with Crippen LogP contribution in [0.5, 0.6) is 0 Å². The van der Waals surface area contributed by atoms with Gasteiger partial charge in [0.15, 0.2) is 0 Å². The van der Waals surface area contributed by atoms with Gasteiger partial charge in [0.05, 0.1) is 5.52 Å². The largest absolute Gasteiger partial charge is 0.337 e. The maximum atomic E-state index is 4.39. The van der Waals surface area contributed by atoms with Crippen LogP contribution in [-0.2, 0) is 13.0 Å². The van der Waals surface area contributed by atoms with Crippen LogP contribution in [0.15, 0.2) is 61.3 Å². The van der Waals surface area contributed by atoms with Crippen molar-refractivity contribution in [3.63, 3.8) is 0 Å². The summed E-state index contributed by atoms with van der Waals surface area (Å²) in [4.78, 5) is 6.68. The molecule has 0 saturated heterocycles. The summed E-state index contributed by atoms with van der Waals surface area (Å²) < 4.78 is 0. The zero-order chi connectivity index (χ0) is 15.1. The average molecular weight is 286 g/mol. The van der Waals surface area contributed by atoms with Gasteiger partial charge in [-0.2, -0.15) is 0 Å². The number of hydrogen-bond acceptors (Lipinski definition) is 2. The molecule has 0 N–H and O–H groups in total. The Balaban J connectivity index is 1.75. The first-order valence-electron chi connectivity index (χ1n) is 7.69. The lowest BCUT2D eigenvalue weighted by molar-refractivity contribution is 1.03. The van der Waals surface area contributed by atoms with E-state index in [2.05, 4.69) is 65.9 Å². The van der Waals surface area contributed by atoms with Crippen molar-refractivity contribution in [2.75, 3.05) is 4.90 Å². The molecule has 2 aromatic carbocycles. The van der Waals surface area contributed by atoms with Gasteiger partial charge in [-0.25, -0.2) is 0 Å². The van der Waals surface area contributed by atoms with Crippen molar-refractivity contribution in [1.82, 2.24) is 4.98 Å². The fourth-order valence-electron chi connectivity index (χ4n) is 3.17. The number of nitrogens with zero attached hydrogens (tertiary/aromatic N) is 2. The third-order valence-electron chi connectivity index (χ3n) is 4.44. The second kappa shape index (κ2) is 4.99. The van der Waals surface area contributed by atoms with Gasteiger partial charge in [0, 0.05) is 35.1 Å². The molecular weight excluding hydrogens is 268 g/mol. The first kappa shape index (κ1) is 13.1. The smallest absolute Gasteiger partial charge is 0.0703 e. The Bertz CT molecular complexity index is 880. The van der Waals surface area contributed by atoms with Crippen LogP contribution < -0.4 is 4.90 Å². The molecule has 0 aliphatic carbocycles. The van der Waals surface area contributed by atoms with Gasteiger partial charge in [-0.1, -0.05) is 37.8 Å². The van der Waals surface area contributed by atoms with Gasteiger partial charge >= 0.3 is 0 Å². The van der Waals surface area contributed by atoms with Crippen LogP contribution >= 0.6 is 0 Å². The molecule has 4 rings (SSSR count). The minimum atomic E-state index is 0.897. The topological polar surface area (TPSA) is 16.1 Å². The number of aromatic nitrogens is 1. The number of pyridine rings is 1. The lowest BCUT2D eigenvalue weighted by Crippen LogP contribution is -2.12. The molecule has 1 aromatic heterocycles. The van der Waals surface area contributed by atoms with E-state index in [9.17, 15) is 0 Å². The highest BCUT2D eigenvalue weighted by Gasteiger charge is 2.23. The average Bonchev–Trinajstić information content (AvgIpc) is 2.90. The molecule has 0 saturated carbocycles. The van der Waals surface area contributed by atoms with Crippen molar-refractivity contribution in [2.24, 2.45) is 0 Å². The maximum absolute atomic E-state index is 4.39. The molecule has 0 radical (unpaired) electrons. The highest BCUT2D eigenvalue weighted by molar-refractivity contribution is 5.89. The van der Waals surface area contributed by atoms with Crippen LogP contribution in [-0.4, -0.2) is 4.98 Å². The second-order valence-corrected chi connectivity index (χ2v) is 5.76. The van der Waals surface area contributed by atoms with Gasteiger partial charge < -0.3 is 4.90 Å². The fourth-order valence-corrected chi connectivity index (χ4v) is 3.17. The lowest BCUT2D eigenvalue weighted by Gasteiger charge is -2.20. The molecule has 3 aromatic rings. The number of aryl methyl sites for hydroxylation is 1. The second-order valence-electron chi connectivity index (χ2n) is 5.76.